The molecule has 140 valence electrons. The summed E-state index contributed by atoms with van der Waals surface area (Å²) in [6.45, 7) is 0.275. The monoisotopic (exact) mass is 370 g/mol. The molecule has 1 aliphatic rings. The van der Waals surface area contributed by atoms with Gasteiger partial charge >= 0.3 is 5.97 Å². The number of halogens is 1. The topological polar surface area (TPSA) is 95.5 Å². The third-order valence-electron chi connectivity index (χ3n) is 4.60. The van der Waals surface area contributed by atoms with Crippen LogP contribution in [-0.2, 0) is 16.1 Å². The number of anilines is 1. The van der Waals surface area contributed by atoms with E-state index >= 15 is 0 Å². The molecule has 6 nitrogen and oxygen atoms in total. The van der Waals surface area contributed by atoms with Gasteiger partial charge in [0.05, 0.1) is 5.92 Å². The molecule has 0 aliphatic heterocycles. The van der Waals surface area contributed by atoms with Gasteiger partial charge in [-0.05, 0) is 48.7 Å². The summed E-state index contributed by atoms with van der Waals surface area (Å²) in [4.78, 5) is 35.0. The van der Waals surface area contributed by atoms with Crippen molar-refractivity contribution in [2.24, 2.45) is 11.8 Å². The van der Waals surface area contributed by atoms with Gasteiger partial charge in [0.2, 0.25) is 5.91 Å². The predicted molar refractivity (Wildman–Crippen MR) is 96.5 cm³/mol. The van der Waals surface area contributed by atoms with E-state index in [0.717, 1.165) is 11.6 Å². The average Bonchev–Trinajstić information content (AvgIpc) is 2.58. The number of hydrogen-bond donors (Lipinski definition) is 3. The molecule has 0 spiro atoms. The molecule has 2 amide bonds. The highest BCUT2D eigenvalue weighted by molar-refractivity contribution is 6.04. The van der Waals surface area contributed by atoms with Gasteiger partial charge in [-0.1, -0.05) is 18.2 Å². The van der Waals surface area contributed by atoms with E-state index < -0.39 is 23.6 Å². The van der Waals surface area contributed by atoms with Crippen LogP contribution in [0.25, 0.3) is 0 Å². The molecular formula is C20H19FN2O4. The molecule has 1 fully saturated rings. The van der Waals surface area contributed by atoms with Gasteiger partial charge in [0, 0.05) is 23.7 Å². The largest absolute Gasteiger partial charge is 0.481 e. The third kappa shape index (κ3) is 4.69. The summed E-state index contributed by atoms with van der Waals surface area (Å²) < 4.78 is 13.2. The molecule has 0 bridgehead atoms. The van der Waals surface area contributed by atoms with Gasteiger partial charge in [-0.25, -0.2) is 4.39 Å². The summed E-state index contributed by atoms with van der Waals surface area (Å²) in [7, 11) is 0. The molecule has 0 unspecified atom stereocenters. The van der Waals surface area contributed by atoms with E-state index in [9.17, 15) is 18.8 Å². The maximum absolute atomic E-state index is 13.2. The lowest BCUT2D eigenvalue weighted by Crippen LogP contribution is -2.41. The maximum atomic E-state index is 13.2. The van der Waals surface area contributed by atoms with Gasteiger partial charge in [0.1, 0.15) is 5.82 Å². The van der Waals surface area contributed by atoms with Gasteiger partial charge in [0.15, 0.2) is 0 Å². The fourth-order valence-electron chi connectivity index (χ4n) is 2.96. The number of nitrogens with one attached hydrogen (secondary N) is 2. The van der Waals surface area contributed by atoms with Crippen LogP contribution in [0.3, 0.4) is 0 Å². The van der Waals surface area contributed by atoms with Crippen LogP contribution in [-0.4, -0.2) is 22.9 Å². The normalized spacial score (nSPS) is 18.3. The Balaban J connectivity index is 1.54. The fourth-order valence-corrected chi connectivity index (χ4v) is 2.96. The van der Waals surface area contributed by atoms with Crippen LogP contribution in [0.5, 0.6) is 0 Å². The summed E-state index contributed by atoms with van der Waals surface area (Å²) >= 11 is 0. The van der Waals surface area contributed by atoms with E-state index in [1.165, 1.54) is 18.2 Å². The van der Waals surface area contributed by atoms with Crippen LogP contribution in [0.2, 0.25) is 0 Å². The highest BCUT2D eigenvalue weighted by Crippen LogP contribution is 2.33. The predicted octanol–water partition coefficient (Wildman–Crippen LogP) is 2.81. The van der Waals surface area contributed by atoms with Crippen molar-refractivity contribution in [3.63, 3.8) is 0 Å². The van der Waals surface area contributed by atoms with Crippen molar-refractivity contribution in [1.82, 2.24) is 5.32 Å². The highest BCUT2D eigenvalue weighted by atomic mass is 19.1. The Morgan fingerprint density at radius 2 is 1.78 bits per heavy atom. The van der Waals surface area contributed by atoms with E-state index in [1.54, 1.807) is 24.3 Å². The zero-order valence-electron chi connectivity index (χ0n) is 14.4. The minimum Gasteiger partial charge on any atom is -0.481 e. The Hall–Kier alpha value is -3.22. The lowest BCUT2D eigenvalue weighted by molar-refractivity contribution is -0.148. The van der Waals surface area contributed by atoms with Gasteiger partial charge in [-0.15, -0.1) is 0 Å². The van der Waals surface area contributed by atoms with E-state index in [2.05, 4.69) is 10.6 Å². The lowest BCUT2D eigenvalue weighted by Gasteiger charge is -2.30. The van der Waals surface area contributed by atoms with Crippen molar-refractivity contribution in [2.75, 3.05) is 5.32 Å². The molecule has 0 radical (unpaired) electrons. The molecule has 2 aromatic carbocycles. The van der Waals surface area contributed by atoms with Crippen molar-refractivity contribution in [1.29, 1.82) is 0 Å². The van der Waals surface area contributed by atoms with Crippen LogP contribution in [0.1, 0.15) is 28.8 Å². The number of carboxylic acids is 1. The molecule has 0 atom stereocenters. The van der Waals surface area contributed by atoms with Gasteiger partial charge in [-0.3, -0.25) is 14.4 Å². The lowest BCUT2D eigenvalue weighted by atomic mass is 9.74. The van der Waals surface area contributed by atoms with Crippen molar-refractivity contribution >= 4 is 23.5 Å². The molecule has 0 aromatic heterocycles. The van der Waals surface area contributed by atoms with E-state index in [-0.39, 0.29) is 23.9 Å². The minimum atomic E-state index is -0.860. The number of aliphatic carboxylic acids is 1. The van der Waals surface area contributed by atoms with Crippen LogP contribution in [0.15, 0.2) is 48.5 Å². The number of carboxylic acid groups (broad SMARTS) is 1. The quantitative estimate of drug-likeness (QED) is 0.729. The summed E-state index contributed by atoms with van der Waals surface area (Å²) in [5, 5.41) is 14.3. The fraction of sp³-hybridized carbons (Fsp3) is 0.250. The Kier molecular flexibility index (Phi) is 5.49. The molecule has 1 aliphatic carbocycles. The van der Waals surface area contributed by atoms with Crippen LogP contribution in [0.4, 0.5) is 10.1 Å². The number of amides is 2. The summed E-state index contributed by atoms with van der Waals surface area (Å²) in [5.41, 5.74) is 1.53. The zero-order valence-corrected chi connectivity index (χ0v) is 14.4. The van der Waals surface area contributed by atoms with Crippen LogP contribution in [0, 0.1) is 17.7 Å². The first-order valence-electron chi connectivity index (χ1n) is 8.59. The number of benzene rings is 2. The Morgan fingerprint density at radius 1 is 1.04 bits per heavy atom. The van der Waals surface area contributed by atoms with E-state index in [1.807, 2.05) is 0 Å². The third-order valence-corrected chi connectivity index (χ3v) is 4.60. The number of hydrogen-bond acceptors (Lipinski definition) is 3. The molecule has 2 aromatic rings. The highest BCUT2D eigenvalue weighted by Gasteiger charge is 2.38. The Bertz CT molecular complexity index is 878. The van der Waals surface area contributed by atoms with E-state index in [4.69, 9.17) is 5.11 Å². The van der Waals surface area contributed by atoms with Crippen molar-refractivity contribution in [2.45, 2.75) is 19.4 Å². The smallest absolute Gasteiger partial charge is 0.306 e. The van der Waals surface area contributed by atoms with Crippen molar-refractivity contribution < 1.29 is 23.9 Å². The first kappa shape index (κ1) is 18.6. The molecular weight excluding hydrogens is 351 g/mol. The van der Waals surface area contributed by atoms with Crippen LogP contribution < -0.4 is 10.6 Å². The van der Waals surface area contributed by atoms with E-state index in [0.29, 0.717) is 18.5 Å². The summed E-state index contributed by atoms with van der Waals surface area (Å²) in [6.07, 6.45) is 0.732. The maximum Gasteiger partial charge on any atom is 0.306 e. The van der Waals surface area contributed by atoms with Gasteiger partial charge in [0.25, 0.3) is 5.91 Å². The SMILES string of the molecule is O=C(Nc1cccc(CNC(=O)C2CC(C(=O)O)C2)c1)c1cccc(F)c1. The molecule has 3 N–H and O–H groups in total. The van der Waals surface area contributed by atoms with Gasteiger partial charge in [-0.2, -0.15) is 0 Å². The summed E-state index contributed by atoms with van der Waals surface area (Å²) in [5.74, 6) is -2.63. The molecule has 7 heteroatoms. The van der Waals surface area contributed by atoms with Crippen molar-refractivity contribution in [3.05, 3.63) is 65.5 Å². The first-order chi connectivity index (χ1) is 12.9. The minimum absolute atomic E-state index is 0.165. The van der Waals surface area contributed by atoms with Gasteiger partial charge < -0.3 is 15.7 Å². The van der Waals surface area contributed by atoms with Crippen molar-refractivity contribution in [3.8, 4) is 0 Å². The zero-order chi connectivity index (χ0) is 19.4. The molecule has 1 saturated carbocycles. The number of carbonyl (C=O) groups excluding carboxylic acids is 2. The Morgan fingerprint density at radius 3 is 2.48 bits per heavy atom. The van der Waals surface area contributed by atoms with Crippen LogP contribution >= 0.6 is 0 Å². The average molecular weight is 370 g/mol. The Labute approximate surface area is 155 Å². The second-order valence-electron chi connectivity index (χ2n) is 6.59. The first-order valence-corrected chi connectivity index (χ1v) is 8.59. The number of rotatable bonds is 6. The standard InChI is InChI=1S/C20H19FN2O4/c21-16-5-2-4-13(10-16)19(25)23-17-6-1-3-12(7-17)11-22-18(24)14-8-15(9-14)20(26)27/h1-7,10,14-15H,8-9,11H2,(H,22,24)(H,23,25)(H,26,27). The molecule has 3 rings (SSSR count). The second kappa shape index (κ2) is 7.99. The molecule has 0 heterocycles. The molecule has 0 saturated heterocycles. The molecule has 27 heavy (non-hydrogen) atoms. The summed E-state index contributed by atoms with van der Waals surface area (Å²) in [6, 6.07) is 12.4. The number of carbonyl (C=O) groups is 3. The second-order valence-corrected chi connectivity index (χ2v) is 6.59.